The van der Waals surface area contributed by atoms with Crippen molar-refractivity contribution >= 4 is 11.6 Å². The van der Waals surface area contributed by atoms with Crippen molar-refractivity contribution in [1.29, 1.82) is 0 Å². The van der Waals surface area contributed by atoms with Gasteiger partial charge in [0.2, 0.25) is 5.91 Å². The smallest absolute Gasteiger partial charge is 0.241 e. The van der Waals surface area contributed by atoms with Crippen molar-refractivity contribution < 1.29 is 18.0 Å². The van der Waals surface area contributed by atoms with E-state index in [2.05, 4.69) is 19.2 Å². The molecule has 21 heavy (non-hydrogen) atoms. The lowest BCUT2D eigenvalue weighted by atomic mass is 10.1. The number of piperidine rings is 1. The highest BCUT2D eigenvalue weighted by Crippen LogP contribution is 2.61. The fourth-order valence-corrected chi connectivity index (χ4v) is 3.32. The average molecular weight is 298 g/mol. The number of benzene rings is 1. The molecule has 0 bridgehead atoms. The van der Waals surface area contributed by atoms with E-state index in [1.54, 1.807) is 4.90 Å². The van der Waals surface area contributed by atoms with Crippen LogP contribution < -0.4 is 5.32 Å². The van der Waals surface area contributed by atoms with Crippen molar-refractivity contribution in [1.82, 2.24) is 4.90 Å². The predicted molar refractivity (Wildman–Crippen MR) is 72.1 cm³/mol. The monoisotopic (exact) mass is 298 g/mol. The van der Waals surface area contributed by atoms with E-state index in [1.165, 1.54) is 0 Å². The summed E-state index contributed by atoms with van der Waals surface area (Å²) in [6.07, 6.45) is 0. The van der Waals surface area contributed by atoms with Gasteiger partial charge in [0.15, 0.2) is 11.6 Å². The van der Waals surface area contributed by atoms with Gasteiger partial charge < -0.3 is 10.2 Å². The molecule has 1 saturated heterocycles. The van der Waals surface area contributed by atoms with Crippen LogP contribution in [0, 0.1) is 34.7 Å². The summed E-state index contributed by atoms with van der Waals surface area (Å²) < 4.78 is 39.7. The normalized spacial score (nSPS) is 25.7. The molecule has 1 N–H and O–H groups in total. The number of halogens is 3. The molecule has 2 atom stereocenters. The molecule has 3 rings (SSSR count). The largest absolute Gasteiger partial charge is 0.371 e. The molecule has 1 amide bonds. The Morgan fingerprint density at radius 3 is 2.29 bits per heavy atom. The van der Waals surface area contributed by atoms with Crippen LogP contribution in [0.3, 0.4) is 0 Å². The molecule has 2 unspecified atom stereocenters. The van der Waals surface area contributed by atoms with Gasteiger partial charge in [-0.05, 0) is 17.3 Å². The zero-order valence-corrected chi connectivity index (χ0v) is 11.9. The van der Waals surface area contributed by atoms with E-state index in [9.17, 15) is 18.0 Å². The number of anilines is 1. The highest BCUT2D eigenvalue weighted by atomic mass is 19.1. The first-order valence-corrected chi connectivity index (χ1v) is 6.97. The Kier molecular flexibility index (Phi) is 3.15. The highest BCUT2D eigenvalue weighted by molar-refractivity contribution is 5.81. The van der Waals surface area contributed by atoms with Crippen LogP contribution >= 0.6 is 0 Å². The van der Waals surface area contributed by atoms with Crippen LogP contribution in [0.5, 0.6) is 0 Å². The molecule has 1 heterocycles. The number of rotatable bonds is 3. The van der Waals surface area contributed by atoms with Crippen LogP contribution in [0.15, 0.2) is 12.1 Å². The number of nitrogens with one attached hydrogen (secondary N) is 1. The molecule has 2 fully saturated rings. The zero-order chi connectivity index (χ0) is 15.4. The number of likely N-dealkylation sites (tertiary alicyclic amines) is 1. The number of carbonyl (C=O) groups is 1. The van der Waals surface area contributed by atoms with Crippen molar-refractivity contribution in [3.63, 3.8) is 0 Å². The first kappa shape index (κ1) is 14.2. The first-order chi connectivity index (χ1) is 9.80. The van der Waals surface area contributed by atoms with Gasteiger partial charge in [-0.3, -0.25) is 4.79 Å². The zero-order valence-electron chi connectivity index (χ0n) is 11.9. The van der Waals surface area contributed by atoms with Gasteiger partial charge in [0.25, 0.3) is 0 Å². The van der Waals surface area contributed by atoms with Gasteiger partial charge in [-0.15, -0.1) is 0 Å². The minimum atomic E-state index is -1.04. The molecule has 3 nitrogen and oxygen atoms in total. The maximum absolute atomic E-state index is 13.4. The third-order valence-electron chi connectivity index (χ3n) is 4.90. The molecule has 0 radical (unpaired) electrons. The summed E-state index contributed by atoms with van der Waals surface area (Å²) in [7, 11) is 0. The Labute approximate surface area is 121 Å². The van der Waals surface area contributed by atoms with Crippen molar-refractivity contribution in [3.05, 3.63) is 29.6 Å². The van der Waals surface area contributed by atoms with Crippen molar-refractivity contribution in [2.75, 3.05) is 25.0 Å². The fourth-order valence-electron chi connectivity index (χ4n) is 3.32. The highest BCUT2D eigenvalue weighted by Gasteiger charge is 2.62. The number of hydrogen-bond acceptors (Lipinski definition) is 2. The average Bonchev–Trinajstić information content (AvgIpc) is 2.78. The standard InChI is InChI=1S/C15H17F3N2O/c1-15(2)9-6-20(7-10(9)15)13(21)5-19-14-11(17)3-8(16)4-12(14)18/h3-4,9-10,19H,5-7H2,1-2H3. The quantitative estimate of drug-likeness (QED) is 0.930. The molecule has 0 spiro atoms. The van der Waals surface area contributed by atoms with Crippen LogP contribution in [-0.2, 0) is 4.79 Å². The summed E-state index contributed by atoms with van der Waals surface area (Å²) in [6, 6.07) is 1.17. The predicted octanol–water partition coefficient (Wildman–Crippen LogP) is 2.63. The van der Waals surface area contributed by atoms with Crippen LogP contribution in [0.4, 0.5) is 18.9 Å². The SMILES string of the molecule is CC1(C)C2CN(C(=O)CNc3c(F)cc(F)cc3F)CC21. The molecule has 6 heteroatoms. The third kappa shape index (κ3) is 2.36. The molecule has 1 aromatic rings. The van der Waals surface area contributed by atoms with Gasteiger partial charge in [0, 0.05) is 25.2 Å². The number of carbonyl (C=O) groups excluding carboxylic acids is 1. The van der Waals surface area contributed by atoms with E-state index in [-0.39, 0.29) is 12.5 Å². The second kappa shape index (κ2) is 4.64. The summed E-state index contributed by atoms with van der Waals surface area (Å²) >= 11 is 0. The van der Waals surface area contributed by atoms with E-state index >= 15 is 0 Å². The van der Waals surface area contributed by atoms with Crippen LogP contribution in [0.1, 0.15) is 13.8 Å². The van der Waals surface area contributed by atoms with Gasteiger partial charge in [-0.25, -0.2) is 13.2 Å². The molecule has 2 aliphatic rings. The van der Waals surface area contributed by atoms with Gasteiger partial charge in [-0.2, -0.15) is 0 Å². The summed E-state index contributed by atoms with van der Waals surface area (Å²) in [5, 5.41) is 2.43. The molecule has 1 aliphatic carbocycles. The first-order valence-electron chi connectivity index (χ1n) is 6.97. The van der Waals surface area contributed by atoms with Crippen molar-refractivity contribution in [3.8, 4) is 0 Å². The number of fused-ring (bicyclic) bond motifs is 1. The Balaban J connectivity index is 1.58. The molecule has 114 valence electrons. The van der Waals surface area contributed by atoms with Crippen LogP contribution in [0.25, 0.3) is 0 Å². The lowest BCUT2D eigenvalue weighted by Crippen LogP contribution is -2.37. The van der Waals surface area contributed by atoms with Gasteiger partial charge in [0.1, 0.15) is 11.5 Å². The van der Waals surface area contributed by atoms with E-state index in [1.807, 2.05) is 0 Å². The lowest BCUT2D eigenvalue weighted by Gasteiger charge is -2.22. The summed E-state index contributed by atoms with van der Waals surface area (Å²) in [6.45, 7) is 5.58. The van der Waals surface area contributed by atoms with E-state index in [4.69, 9.17) is 0 Å². The molecule has 1 aromatic carbocycles. The fraction of sp³-hybridized carbons (Fsp3) is 0.533. The number of amides is 1. The van der Waals surface area contributed by atoms with E-state index in [0.29, 0.717) is 42.5 Å². The van der Waals surface area contributed by atoms with E-state index < -0.39 is 23.1 Å². The molecule has 0 aromatic heterocycles. The van der Waals surface area contributed by atoms with E-state index in [0.717, 1.165) is 0 Å². The summed E-state index contributed by atoms with van der Waals surface area (Å²) in [5.41, 5.74) is -0.159. The van der Waals surface area contributed by atoms with Gasteiger partial charge in [0.05, 0.1) is 6.54 Å². The second-order valence-corrected chi connectivity index (χ2v) is 6.43. The Bertz CT molecular complexity index is 566. The minimum Gasteiger partial charge on any atom is -0.371 e. The summed E-state index contributed by atoms with van der Waals surface area (Å²) in [4.78, 5) is 13.7. The molecular formula is C15H17F3N2O. The number of hydrogen-bond donors (Lipinski definition) is 1. The Morgan fingerprint density at radius 1 is 1.24 bits per heavy atom. The molecule has 1 aliphatic heterocycles. The number of nitrogens with zero attached hydrogens (tertiary/aromatic N) is 1. The van der Waals surface area contributed by atoms with Gasteiger partial charge in [-0.1, -0.05) is 13.8 Å². The minimum absolute atomic E-state index is 0.193. The maximum atomic E-state index is 13.4. The molecular weight excluding hydrogens is 281 g/mol. The topological polar surface area (TPSA) is 32.3 Å². The summed E-state index contributed by atoms with van der Waals surface area (Å²) in [5.74, 6) is -2.19. The van der Waals surface area contributed by atoms with Crippen molar-refractivity contribution in [2.45, 2.75) is 13.8 Å². The third-order valence-corrected chi connectivity index (χ3v) is 4.90. The van der Waals surface area contributed by atoms with Crippen LogP contribution in [0.2, 0.25) is 0 Å². The lowest BCUT2D eigenvalue weighted by molar-refractivity contribution is -0.129. The van der Waals surface area contributed by atoms with Gasteiger partial charge >= 0.3 is 0 Å². The molecule has 1 saturated carbocycles. The second-order valence-electron chi connectivity index (χ2n) is 6.43. The Hall–Kier alpha value is -1.72. The Morgan fingerprint density at radius 2 is 1.76 bits per heavy atom. The van der Waals surface area contributed by atoms with Crippen molar-refractivity contribution in [2.24, 2.45) is 17.3 Å². The maximum Gasteiger partial charge on any atom is 0.241 e. The van der Waals surface area contributed by atoms with Crippen LogP contribution in [-0.4, -0.2) is 30.4 Å².